The molecule has 0 radical (unpaired) electrons. The van der Waals surface area contributed by atoms with Crippen LogP contribution in [-0.4, -0.2) is 35.1 Å². The molecule has 1 saturated heterocycles. The molecule has 1 aliphatic rings. The maximum atomic E-state index is 11.5. The first kappa shape index (κ1) is 18.5. The molecule has 21 heavy (non-hydrogen) atoms. The van der Waals surface area contributed by atoms with Crippen LogP contribution < -0.4 is 0 Å². The van der Waals surface area contributed by atoms with Crippen molar-refractivity contribution in [1.82, 2.24) is 4.90 Å². The molecule has 0 aromatic heterocycles. The van der Waals surface area contributed by atoms with Crippen LogP contribution in [0.3, 0.4) is 0 Å². The third-order valence-corrected chi connectivity index (χ3v) is 4.55. The number of hydrogen-bond acceptors (Lipinski definition) is 2. The van der Waals surface area contributed by atoms with E-state index in [2.05, 4.69) is 6.92 Å². The van der Waals surface area contributed by atoms with Crippen molar-refractivity contribution in [3.63, 3.8) is 0 Å². The van der Waals surface area contributed by atoms with Gasteiger partial charge in [-0.1, -0.05) is 77.6 Å². The van der Waals surface area contributed by atoms with Gasteiger partial charge in [-0.25, -0.2) is 0 Å². The summed E-state index contributed by atoms with van der Waals surface area (Å²) in [6, 6.07) is 0. The van der Waals surface area contributed by atoms with E-state index in [1.165, 1.54) is 70.6 Å². The predicted molar refractivity (Wildman–Crippen MR) is 88.3 cm³/mol. The SMILES string of the molecule is CCCCCCCCCCCCCCN1CCC(O)C1=O. The Labute approximate surface area is 131 Å². The number of rotatable bonds is 13. The van der Waals surface area contributed by atoms with Crippen molar-refractivity contribution < 1.29 is 9.90 Å². The van der Waals surface area contributed by atoms with Crippen LogP contribution in [0.2, 0.25) is 0 Å². The fourth-order valence-corrected chi connectivity index (χ4v) is 3.09. The number of unbranched alkanes of at least 4 members (excludes halogenated alkanes) is 11. The second-order valence-corrected chi connectivity index (χ2v) is 6.52. The minimum Gasteiger partial charge on any atom is -0.383 e. The van der Waals surface area contributed by atoms with Crippen LogP contribution in [0.25, 0.3) is 0 Å². The topological polar surface area (TPSA) is 40.5 Å². The van der Waals surface area contributed by atoms with Crippen LogP contribution in [0.15, 0.2) is 0 Å². The predicted octanol–water partition coefficient (Wildman–Crippen LogP) is 4.28. The fourth-order valence-electron chi connectivity index (χ4n) is 3.09. The molecule has 0 aromatic carbocycles. The lowest BCUT2D eigenvalue weighted by atomic mass is 10.1. The Kier molecular flexibility index (Phi) is 10.6. The molecule has 1 rings (SSSR count). The number of likely N-dealkylation sites (tertiary alicyclic amines) is 1. The van der Waals surface area contributed by atoms with E-state index in [4.69, 9.17) is 0 Å². The lowest BCUT2D eigenvalue weighted by Gasteiger charge is -2.15. The van der Waals surface area contributed by atoms with Crippen molar-refractivity contribution >= 4 is 5.91 Å². The van der Waals surface area contributed by atoms with Gasteiger partial charge in [0.05, 0.1) is 0 Å². The highest BCUT2D eigenvalue weighted by molar-refractivity contribution is 5.82. The van der Waals surface area contributed by atoms with Gasteiger partial charge in [-0.2, -0.15) is 0 Å². The van der Waals surface area contributed by atoms with Gasteiger partial charge in [0, 0.05) is 13.1 Å². The summed E-state index contributed by atoms with van der Waals surface area (Å²) in [4.78, 5) is 13.3. The van der Waals surface area contributed by atoms with E-state index in [1.54, 1.807) is 0 Å². The van der Waals surface area contributed by atoms with Crippen LogP contribution in [0.5, 0.6) is 0 Å². The Hall–Kier alpha value is -0.570. The van der Waals surface area contributed by atoms with Crippen molar-refractivity contribution in [2.45, 2.75) is 96.5 Å². The molecule has 124 valence electrons. The molecule has 0 saturated carbocycles. The average molecular weight is 297 g/mol. The lowest BCUT2D eigenvalue weighted by Crippen LogP contribution is -2.30. The van der Waals surface area contributed by atoms with E-state index in [9.17, 15) is 9.90 Å². The molecule has 1 unspecified atom stereocenters. The number of aliphatic hydroxyl groups excluding tert-OH is 1. The number of hydrogen-bond donors (Lipinski definition) is 1. The first-order valence-electron chi connectivity index (χ1n) is 9.22. The number of carbonyl (C=O) groups is 1. The Balaban J connectivity index is 1.78. The van der Waals surface area contributed by atoms with Crippen molar-refractivity contribution in [2.75, 3.05) is 13.1 Å². The smallest absolute Gasteiger partial charge is 0.251 e. The van der Waals surface area contributed by atoms with Gasteiger partial charge in [-0.05, 0) is 12.8 Å². The Morgan fingerprint density at radius 1 is 0.905 bits per heavy atom. The monoisotopic (exact) mass is 297 g/mol. The first-order valence-corrected chi connectivity index (χ1v) is 9.22. The number of carbonyl (C=O) groups excluding carboxylic acids is 1. The number of amides is 1. The molecule has 1 atom stereocenters. The van der Waals surface area contributed by atoms with Gasteiger partial charge in [0.1, 0.15) is 6.10 Å². The Morgan fingerprint density at radius 3 is 1.81 bits per heavy atom. The summed E-state index contributed by atoms with van der Waals surface area (Å²) in [6.07, 6.45) is 16.0. The maximum absolute atomic E-state index is 11.5. The molecule has 1 fully saturated rings. The first-order chi connectivity index (χ1) is 10.3. The third-order valence-electron chi connectivity index (χ3n) is 4.55. The average Bonchev–Trinajstić information content (AvgIpc) is 2.80. The number of aliphatic hydroxyl groups is 1. The normalized spacial score (nSPS) is 18.7. The minimum absolute atomic E-state index is 0.0573. The van der Waals surface area contributed by atoms with Crippen molar-refractivity contribution in [1.29, 1.82) is 0 Å². The summed E-state index contributed by atoms with van der Waals surface area (Å²) in [6.45, 7) is 3.85. The lowest BCUT2D eigenvalue weighted by molar-refractivity contribution is -0.134. The quantitative estimate of drug-likeness (QED) is 0.515. The van der Waals surface area contributed by atoms with E-state index in [-0.39, 0.29) is 5.91 Å². The zero-order valence-corrected chi connectivity index (χ0v) is 14.0. The largest absolute Gasteiger partial charge is 0.383 e. The molecule has 1 amide bonds. The summed E-state index contributed by atoms with van der Waals surface area (Å²) in [5.41, 5.74) is 0. The zero-order chi connectivity index (χ0) is 15.3. The molecule has 1 N–H and O–H groups in total. The highest BCUT2D eigenvalue weighted by atomic mass is 16.3. The van der Waals surface area contributed by atoms with Crippen molar-refractivity contribution in [2.24, 2.45) is 0 Å². The van der Waals surface area contributed by atoms with Gasteiger partial charge in [-0.3, -0.25) is 4.79 Å². The Morgan fingerprint density at radius 2 is 1.38 bits per heavy atom. The standard InChI is InChI=1S/C18H35NO2/c1-2-3-4-5-6-7-8-9-10-11-12-13-15-19-16-14-17(20)18(19)21/h17,20H,2-16H2,1H3. The van der Waals surface area contributed by atoms with Gasteiger partial charge in [-0.15, -0.1) is 0 Å². The summed E-state index contributed by atoms with van der Waals surface area (Å²) in [7, 11) is 0. The molecule has 3 nitrogen and oxygen atoms in total. The van der Waals surface area contributed by atoms with E-state index in [0.29, 0.717) is 6.42 Å². The second-order valence-electron chi connectivity index (χ2n) is 6.52. The van der Waals surface area contributed by atoms with Crippen LogP contribution in [0.1, 0.15) is 90.4 Å². The molecule has 3 heteroatoms. The highest BCUT2D eigenvalue weighted by Crippen LogP contribution is 2.14. The van der Waals surface area contributed by atoms with Crippen LogP contribution in [0, 0.1) is 0 Å². The van der Waals surface area contributed by atoms with E-state index in [1.807, 2.05) is 4.90 Å². The fraction of sp³-hybridized carbons (Fsp3) is 0.944. The van der Waals surface area contributed by atoms with Crippen molar-refractivity contribution in [3.8, 4) is 0 Å². The van der Waals surface area contributed by atoms with Gasteiger partial charge in [0.15, 0.2) is 0 Å². The van der Waals surface area contributed by atoms with Gasteiger partial charge >= 0.3 is 0 Å². The summed E-state index contributed by atoms with van der Waals surface area (Å²) in [5.74, 6) is -0.0573. The van der Waals surface area contributed by atoms with Crippen LogP contribution in [0.4, 0.5) is 0 Å². The summed E-state index contributed by atoms with van der Waals surface area (Å²) < 4.78 is 0. The molecule has 0 bridgehead atoms. The third kappa shape index (κ3) is 8.45. The van der Waals surface area contributed by atoms with Crippen molar-refractivity contribution in [3.05, 3.63) is 0 Å². The van der Waals surface area contributed by atoms with E-state index in [0.717, 1.165) is 19.5 Å². The van der Waals surface area contributed by atoms with E-state index < -0.39 is 6.10 Å². The molecule has 1 aliphatic heterocycles. The molecule has 0 spiro atoms. The molecule has 0 aliphatic carbocycles. The minimum atomic E-state index is -0.720. The summed E-state index contributed by atoms with van der Waals surface area (Å²) >= 11 is 0. The van der Waals surface area contributed by atoms with Gasteiger partial charge in [0.25, 0.3) is 5.91 Å². The van der Waals surface area contributed by atoms with Crippen LogP contribution >= 0.6 is 0 Å². The molecular weight excluding hydrogens is 262 g/mol. The molecular formula is C18H35NO2. The molecule has 0 aromatic rings. The summed E-state index contributed by atoms with van der Waals surface area (Å²) in [5, 5.41) is 9.37. The highest BCUT2D eigenvalue weighted by Gasteiger charge is 2.28. The van der Waals surface area contributed by atoms with Crippen LogP contribution in [-0.2, 0) is 4.79 Å². The van der Waals surface area contributed by atoms with Gasteiger partial charge < -0.3 is 10.0 Å². The van der Waals surface area contributed by atoms with E-state index >= 15 is 0 Å². The van der Waals surface area contributed by atoms with Gasteiger partial charge in [0.2, 0.25) is 0 Å². The number of nitrogens with zero attached hydrogens (tertiary/aromatic N) is 1. The zero-order valence-electron chi connectivity index (χ0n) is 14.0. The molecule has 1 heterocycles. The Bertz CT molecular complexity index is 268. The second kappa shape index (κ2) is 12.0. The maximum Gasteiger partial charge on any atom is 0.251 e.